The molecule has 0 saturated heterocycles. The van der Waals surface area contributed by atoms with Gasteiger partial charge in [0.2, 0.25) is 5.91 Å². The lowest BCUT2D eigenvalue weighted by molar-refractivity contribution is -0.111. The molecule has 1 aromatic heterocycles. The van der Waals surface area contributed by atoms with E-state index in [1.165, 1.54) is 6.08 Å². The molecular formula is C17H18N4O2. The van der Waals surface area contributed by atoms with Gasteiger partial charge in [0.15, 0.2) is 0 Å². The summed E-state index contributed by atoms with van der Waals surface area (Å²) in [6, 6.07) is 8.66. The van der Waals surface area contributed by atoms with E-state index < -0.39 is 0 Å². The van der Waals surface area contributed by atoms with E-state index in [2.05, 4.69) is 22.3 Å². The lowest BCUT2D eigenvalue weighted by Crippen LogP contribution is -2.15. The molecule has 6 nitrogen and oxygen atoms in total. The van der Waals surface area contributed by atoms with Gasteiger partial charge in [0, 0.05) is 30.3 Å². The molecule has 1 aliphatic rings. The van der Waals surface area contributed by atoms with Crippen LogP contribution in [0.5, 0.6) is 0 Å². The van der Waals surface area contributed by atoms with Crippen molar-refractivity contribution in [3.8, 4) is 0 Å². The number of rotatable bonds is 5. The zero-order valence-electron chi connectivity index (χ0n) is 12.9. The number of aromatic nitrogens is 2. The molecule has 0 unspecified atom stereocenters. The number of carbonyl (C=O) groups is 2. The van der Waals surface area contributed by atoms with Crippen LogP contribution in [0.3, 0.4) is 0 Å². The van der Waals surface area contributed by atoms with Gasteiger partial charge in [-0.3, -0.25) is 14.3 Å². The Labute approximate surface area is 134 Å². The van der Waals surface area contributed by atoms with Gasteiger partial charge in [0.05, 0.1) is 5.69 Å². The molecule has 1 saturated carbocycles. The minimum absolute atomic E-state index is 0.245. The summed E-state index contributed by atoms with van der Waals surface area (Å²) < 4.78 is 1.68. The van der Waals surface area contributed by atoms with Crippen LogP contribution in [-0.4, -0.2) is 21.6 Å². The first kappa shape index (κ1) is 15.0. The van der Waals surface area contributed by atoms with Gasteiger partial charge < -0.3 is 10.6 Å². The van der Waals surface area contributed by atoms with Gasteiger partial charge in [-0.1, -0.05) is 12.6 Å². The fourth-order valence-corrected chi connectivity index (χ4v) is 2.30. The number of amides is 2. The first-order valence-corrected chi connectivity index (χ1v) is 7.45. The summed E-state index contributed by atoms with van der Waals surface area (Å²) in [5.74, 6) is 0.634. The van der Waals surface area contributed by atoms with Crippen molar-refractivity contribution < 1.29 is 9.59 Å². The first-order chi connectivity index (χ1) is 11.1. The van der Waals surface area contributed by atoms with Crippen LogP contribution in [0.2, 0.25) is 0 Å². The molecule has 3 rings (SSSR count). The van der Waals surface area contributed by atoms with Crippen molar-refractivity contribution in [1.29, 1.82) is 0 Å². The van der Waals surface area contributed by atoms with Crippen LogP contribution in [0.4, 0.5) is 11.5 Å². The van der Waals surface area contributed by atoms with E-state index in [1.807, 2.05) is 13.1 Å². The smallest absolute Gasteiger partial charge is 0.256 e. The number of anilines is 2. The van der Waals surface area contributed by atoms with E-state index in [9.17, 15) is 9.59 Å². The fourth-order valence-electron chi connectivity index (χ4n) is 2.30. The van der Waals surface area contributed by atoms with Crippen molar-refractivity contribution in [1.82, 2.24) is 9.78 Å². The summed E-state index contributed by atoms with van der Waals surface area (Å²) in [5.41, 5.74) is 2.03. The monoisotopic (exact) mass is 310 g/mol. The highest BCUT2D eigenvalue weighted by atomic mass is 16.2. The van der Waals surface area contributed by atoms with Crippen molar-refractivity contribution in [2.75, 3.05) is 10.6 Å². The van der Waals surface area contributed by atoms with E-state index >= 15 is 0 Å². The molecule has 23 heavy (non-hydrogen) atoms. The standard InChI is InChI=1S/C17H18N4O2/c1-3-16(22)18-13-6-4-5-12(9-13)17(23)19-15-10-14(11-7-8-11)20-21(15)2/h3-6,9-11H,1,7-8H2,2H3,(H,18,22)(H,19,23). The molecule has 6 heteroatoms. The van der Waals surface area contributed by atoms with Crippen LogP contribution in [0.1, 0.15) is 34.8 Å². The number of nitrogens with one attached hydrogen (secondary N) is 2. The number of benzene rings is 1. The number of hydrogen-bond donors (Lipinski definition) is 2. The van der Waals surface area contributed by atoms with Crippen LogP contribution in [-0.2, 0) is 11.8 Å². The van der Waals surface area contributed by atoms with E-state index in [1.54, 1.807) is 28.9 Å². The molecule has 0 radical (unpaired) electrons. The van der Waals surface area contributed by atoms with Gasteiger partial charge >= 0.3 is 0 Å². The zero-order chi connectivity index (χ0) is 16.4. The van der Waals surface area contributed by atoms with Crippen molar-refractivity contribution in [2.24, 2.45) is 7.05 Å². The van der Waals surface area contributed by atoms with Crippen molar-refractivity contribution in [3.63, 3.8) is 0 Å². The van der Waals surface area contributed by atoms with Crippen LogP contribution >= 0.6 is 0 Å². The summed E-state index contributed by atoms with van der Waals surface area (Å²) in [4.78, 5) is 23.7. The second-order valence-electron chi connectivity index (χ2n) is 5.58. The van der Waals surface area contributed by atoms with Crippen LogP contribution in [0.25, 0.3) is 0 Å². The average molecular weight is 310 g/mol. The Morgan fingerprint density at radius 1 is 1.30 bits per heavy atom. The minimum atomic E-state index is -0.316. The molecule has 2 aromatic rings. The summed E-state index contributed by atoms with van der Waals surface area (Å²) in [6.07, 6.45) is 3.51. The average Bonchev–Trinajstić information content (AvgIpc) is 3.33. The Hall–Kier alpha value is -2.89. The first-order valence-electron chi connectivity index (χ1n) is 7.45. The normalized spacial score (nSPS) is 13.4. The predicted molar refractivity (Wildman–Crippen MR) is 88.4 cm³/mol. The third-order valence-corrected chi connectivity index (χ3v) is 3.71. The molecule has 0 aliphatic heterocycles. The van der Waals surface area contributed by atoms with Crippen molar-refractivity contribution >= 4 is 23.3 Å². The Kier molecular flexibility index (Phi) is 3.97. The summed E-state index contributed by atoms with van der Waals surface area (Å²) in [5, 5.41) is 9.91. The summed E-state index contributed by atoms with van der Waals surface area (Å²) in [6.45, 7) is 3.40. The maximum Gasteiger partial charge on any atom is 0.256 e. The van der Waals surface area contributed by atoms with E-state index in [0.717, 1.165) is 18.5 Å². The van der Waals surface area contributed by atoms with Crippen LogP contribution in [0.15, 0.2) is 43.0 Å². The molecule has 2 amide bonds. The SMILES string of the molecule is C=CC(=O)Nc1cccc(C(=O)Nc2cc(C3CC3)nn2C)c1. The molecule has 1 heterocycles. The molecule has 1 aliphatic carbocycles. The second kappa shape index (κ2) is 6.08. The number of nitrogens with zero attached hydrogens (tertiary/aromatic N) is 2. The van der Waals surface area contributed by atoms with Crippen molar-refractivity contribution in [2.45, 2.75) is 18.8 Å². The van der Waals surface area contributed by atoms with E-state index in [0.29, 0.717) is 23.0 Å². The van der Waals surface area contributed by atoms with Gasteiger partial charge in [-0.25, -0.2) is 0 Å². The molecule has 118 valence electrons. The number of aryl methyl sites for hydroxylation is 1. The molecule has 2 N–H and O–H groups in total. The Balaban J connectivity index is 1.74. The zero-order valence-corrected chi connectivity index (χ0v) is 12.9. The van der Waals surface area contributed by atoms with E-state index in [4.69, 9.17) is 0 Å². The quantitative estimate of drug-likeness (QED) is 0.834. The third kappa shape index (κ3) is 3.48. The number of carbonyl (C=O) groups excluding carboxylic acids is 2. The molecule has 0 atom stereocenters. The second-order valence-corrected chi connectivity index (χ2v) is 5.58. The fraction of sp³-hybridized carbons (Fsp3) is 0.235. The van der Waals surface area contributed by atoms with Gasteiger partial charge in [-0.2, -0.15) is 5.10 Å². The number of hydrogen-bond acceptors (Lipinski definition) is 3. The maximum absolute atomic E-state index is 12.4. The highest BCUT2D eigenvalue weighted by Gasteiger charge is 2.27. The maximum atomic E-state index is 12.4. The molecule has 0 spiro atoms. The van der Waals surface area contributed by atoms with E-state index in [-0.39, 0.29) is 11.8 Å². The van der Waals surface area contributed by atoms with Crippen molar-refractivity contribution in [3.05, 3.63) is 54.2 Å². The largest absolute Gasteiger partial charge is 0.323 e. The van der Waals surface area contributed by atoms with Crippen LogP contribution in [0, 0.1) is 0 Å². The predicted octanol–water partition coefficient (Wildman–Crippen LogP) is 2.67. The highest BCUT2D eigenvalue weighted by Crippen LogP contribution is 2.39. The van der Waals surface area contributed by atoms with Gasteiger partial charge in [0.1, 0.15) is 5.82 Å². The molecule has 1 aromatic carbocycles. The highest BCUT2D eigenvalue weighted by molar-refractivity contribution is 6.05. The van der Waals surface area contributed by atoms with Crippen LogP contribution < -0.4 is 10.6 Å². The molecule has 1 fully saturated rings. The molecular weight excluding hydrogens is 292 g/mol. The Morgan fingerprint density at radius 2 is 2.09 bits per heavy atom. The Morgan fingerprint density at radius 3 is 2.78 bits per heavy atom. The Bertz CT molecular complexity index is 775. The molecule has 0 bridgehead atoms. The van der Waals surface area contributed by atoms with Gasteiger partial charge in [-0.15, -0.1) is 0 Å². The minimum Gasteiger partial charge on any atom is -0.323 e. The van der Waals surface area contributed by atoms with Gasteiger partial charge in [-0.05, 0) is 37.1 Å². The van der Waals surface area contributed by atoms with Gasteiger partial charge in [0.25, 0.3) is 5.91 Å². The lowest BCUT2D eigenvalue weighted by Gasteiger charge is -2.07. The summed E-state index contributed by atoms with van der Waals surface area (Å²) in [7, 11) is 1.81. The third-order valence-electron chi connectivity index (χ3n) is 3.71. The lowest BCUT2D eigenvalue weighted by atomic mass is 10.2. The summed E-state index contributed by atoms with van der Waals surface area (Å²) >= 11 is 0. The topological polar surface area (TPSA) is 76.0 Å².